The highest BCUT2D eigenvalue weighted by atomic mass is 35.5. The van der Waals surface area contributed by atoms with Gasteiger partial charge in [-0.3, -0.25) is 4.90 Å². The summed E-state index contributed by atoms with van der Waals surface area (Å²) in [6, 6.07) is 12.3. The fourth-order valence-electron chi connectivity index (χ4n) is 5.80. The van der Waals surface area contributed by atoms with Gasteiger partial charge >= 0.3 is 0 Å². The Hall–Kier alpha value is -3.21. The Morgan fingerprint density at radius 2 is 1.95 bits per heavy atom. The van der Waals surface area contributed by atoms with E-state index in [0.717, 1.165) is 63.3 Å². The fourth-order valence-corrected chi connectivity index (χ4v) is 5.96. The Morgan fingerprint density at radius 3 is 2.68 bits per heavy atom. The van der Waals surface area contributed by atoms with E-state index in [4.69, 9.17) is 21.6 Å². The second-order valence-electron chi connectivity index (χ2n) is 10.8. The van der Waals surface area contributed by atoms with Crippen LogP contribution in [0.2, 0.25) is 5.02 Å². The molecule has 3 aliphatic rings. The third-order valence-electron chi connectivity index (χ3n) is 8.23. The van der Waals surface area contributed by atoms with Gasteiger partial charge in [0.05, 0.1) is 18.2 Å². The molecule has 0 bridgehead atoms. The summed E-state index contributed by atoms with van der Waals surface area (Å²) in [7, 11) is 0. The smallest absolute Gasteiger partial charge is 0.148 e. The van der Waals surface area contributed by atoms with Gasteiger partial charge in [0.1, 0.15) is 29.3 Å². The van der Waals surface area contributed by atoms with Crippen molar-refractivity contribution in [1.82, 2.24) is 14.5 Å². The van der Waals surface area contributed by atoms with E-state index in [-0.39, 0.29) is 21.9 Å². The summed E-state index contributed by atoms with van der Waals surface area (Å²) >= 11 is 5.91. The average molecular weight is 535 g/mol. The number of hydrogen-bond acceptors (Lipinski definition) is 4. The summed E-state index contributed by atoms with van der Waals surface area (Å²) in [5, 5.41) is 9.45. The number of halogens is 3. The molecule has 1 aromatic heterocycles. The number of nitriles is 1. The Morgan fingerprint density at radius 1 is 1.13 bits per heavy atom. The lowest BCUT2D eigenvalue weighted by atomic mass is 9.86. The van der Waals surface area contributed by atoms with Crippen LogP contribution in [0.1, 0.15) is 66.6 Å². The van der Waals surface area contributed by atoms with Gasteiger partial charge < -0.3 is 9.30 Å². The van der Waals surface area contributed by atoms with Crippen molar-refractivity contribution < 1.29 is 13.5 Å². The topological polar surface area (TPSA) is 54.1 Å². The number of aromatic nitrogens is 2. The van der Waals surface area contributed by atoms with Gasteiger partial charge in [-0.15, -0.1) is 0 Å². The number of imidazole rings is 1. The molecular formula is C30H29ClF2N4O. The zero-order chi connectivity index (χ0) is 26.3. The first kappa shape index (κ1) is 25.1. The van der Waals surface area contributed by atoms with Crippen molar-refractivity contribution in [2.45, 2.75) is 57.2 Å². The second-order valence-corrected chi connectivity index (χ2v) is 11.2. The molecule has 0 amide bonds. The molecule has 2 aromatic carbocycles. The van der Waals surface area contributed by atoms with Gasteiger partial charge in [0.15, 0.2) is 0 Å². The molecule has 0 radical (unpaired) electrons. The normalized spacial score (nSPS) is 20.8. The lowest BCUT2D eigenvalue weighted by molar-refractivity contribution is 0.191. The molecule has 5 nitrogen and oxygen atoms in total. The summed E-state index contributed by atoms with van der Waals surface area (Å²) in [5.74, 6) is 0.843. The van der Waals surface area contributed by atoms with Crippen LogP contribution in [0.15, 0.2) is 54.9 Å². The van der Waals surface area contributed by atoms with Gasteiger partial charge in [-0.05, 0) is 74.5 Å². The van der Waals surface area contributed by atoms with Gasteiger partial charge in [-0.25, -0.2) is 13.8 Å². The summed E-state index contributed by atoms with van der Waals surface area (Å²) in [4.78, 5) is 7.01. The number of hydrogen-bond donors (Lipinski definition) is 0. The number of para-hydroxylation sites is 1. The third kappa shape index (κ3) is 4.95. The van der Waals surface area contributed by atoms with E-state index in [1.54, 1.807) is 18.2 Å². The zero-order valence-corrected chi connectivity index (χ0v) is 21.8. The second kappa shape index (κ2) is 10.2. The molecule has 38 heavy (non-hydrogen) atoms. The van der Waals surface area contributed by atoms with Gasteiger partial charge in [0.25, 0.3) is 0 Å². The van der Waals surface area contributed by atoms with Gasteiger partial charge in [-0.2, -0.15) is 5.26 Å². The molecule has 1 aliphatic carbocycles. The summed E-state index contributed by atoms with van der Waals surface area (Å²) in [6.45, 7) is 3.39. The monoisotopic (exact) mass is 534 g/mol. The van der Waals surface area contributed by atoms with E-state index >= 15 is 4.39 Å². The summed E-state index contributed by atoms with van der Waals surface area (Å²) in [5.41, 5.74) is 1.78. The Bertz CT molecular complexity index is 1420. The number of ether oxygens (including phenoxy) is 1. The van der Waals surface area contributed by atoms with Gasteiger partial charge in [-0.1, -0.05) is 29.8 Å². The van der Waals surface area contributed by atoms with E-state index in [2.05, 4.69) is 20.5 Å². The molecule has 1 atom stereocenters. The molecule has 2 fully saturated rings. The van der Waals surface area contributed by atoms with Crippen molar-refractivity contribution in [2.24, 2.45) is 5.41 Å². The molecule has 8 heteroatoms. The van der Waals surface area contributed by atoms with E-state index in [0.29, 0.717) is 17.7 Å². The van der Waals surface area contributed by atoms with Crippen LogP contribution in [0.3, 0.4) is 0 Å². The van der Waals surface area contributed by atoms with Crippen LogP contribution in [0.25, 0.3) is 5.83 Å². The van der Waals surface area contributed by atoms with Crippen molar-refractivity contribution in [1.29, 1.82) is 5.26 Å². The molecule has 3 aromatic rings. The number of nitrogens with zero attached hydrogens (tertiary/aromatic N) is 4. The molecule has 3 heterocycles. The predicted molar refractivity (Wildman–Crippen MR) is 142 cm³/mol. The van der Waals surface area contributed by atoms with Crippen molar-refractivity contribution in [3.05, 3.63) is 88.2 Å². The van der Waals surface area contributed by atoms with Crippen LogP contribution in [0.4, 0.5) is 8.78 Å². The van der Waals surface area contributed by atoms with E-state index in [9.17, 15) is 4.39 Å². The van der Waals surface area contributed by atoms with Gasteiger partial charge in [0, 0.05) is 41.4 Å². The van der Waals surface area contributed by atoms with Crippen molar-refractivity contribution in [3.63, 3.8) is 0 Å². The number of rotatable bonds is 7. The first-order valence-corrected chi connectivity index (χ1v) is 13.5. The maximum Gasteiger partial charge on any atom is 0.148 e. The Kier molecular flexibility index (Phi) is 6.71. The maximum absolute atomic E-state index is 15.1. The number of piperidine rings is 1. The van der Waals surface area contributed by atoms with Crippen LogP contribution >= 0.6 is 11.6 Å². The van der Waals surface area contributed by atoms with Crippen LogP contribution in [0, 0.1) is 22.6 Å². The number of likely N-dealkylation sites (tertiary alicyclic amines) is 1. The first-order valence-electron chi connectivity index (χ1n) is 13.2. The quantitative estimate of drug-likeness (QED) is 0.322. The van der Waals surface area contributed by atoms with Crippen molar-refractivity contribution >= 4 is 17.4 Å². The fraction of sp³-hybridized carbons (Fsp3) is 0.400. The minimum atomic E-state index is -0.851. The van der Waals surface area contributed by atoms with Crippen LogP contribution in [-0.2, 0) is 13.1 Å². The van der Waals surface area contributed by atoms with E-state index < -0.39 is 17.7 Å². The minimum absolute atomic E-state index is 0.125. The highest BCUT2D eigenvalue weighted by Crippen LogP contribution is 2.50. The lowest BCUT2D eigenvalue weighted by Crippen LogP contribution is -2.34. The predicted octanol–water partition coefficient (Wildman–Crippen LogP) is 7.19. The standard InChI is InChI=1S/C30H29ClF2N4O/c31-21-4-5-23(25(32)16-21)27-17-26(33)24-3-1-2-22(29(24)38-27)20-6-13-36(14-7-20)18-28-35-12-15-37(28)19-30(8-9-30)10-11-34/h1-5,12,15-17,20,27H,6-10,13-14,18-19H2. The SMILES string of the molecule is N#CCC1(Cn2ccnc2CN2CCC(c3cccc4c3OC(c3ccc(Cl)cc3F)C=C4F)CC2)CC1. The highest BCUT2D eigenvalue weighted by Gasteiger charge is 2.43. The molecule has 196 valence electrons. The number of fused-ring (bicyclic) bond motifs is 1. The minimum Gasteiger partial charge on any atom is -0.480 e. The first-order chi connectivity index (χ1) is 18.4. The molecule has 0 N–H and O–H groups in total. The zero-order valence-electron chi connectivity index (χ0n) is 21.0. The molecule has 2 aliphatic heterocycles. The number of benzene rings is 2. The summed E-state index contributed by atoms with van der Waals surface area (Å²) in [6.07, 6.45) is 8.97. The average Bonchev–Trinajstić information content (AvgIpc) is 3.53. The van der Waals surface area contributed by atoms with Crippen molar-refractivity contribution in [2.75, 3.05) is 13.1 Å². The summed E-state index contributed by atoms with van der Waals surface area (Å²) < 4.78 is 38.2. The Labute approximate surface area is 226 Å². The molecule has 1 saturated carbocycles. The Balaban J connectivity index is 1.14. The largest absolute Gasteiger partial charge is 0.480 e. The van der Waals surface area contributed by atoms with Crippen LogP contribution < -0.4 is 4.74 Å². The van der Waals surface area contributed by atoms with E-state index in [1.807, 2.05) is 24.5 Å². The van der Waals surface area contributed by atoms with Gasteiger partial charge in [0.2, 0.25) is 0 Å². The van der Waals surface area contributed by atoms with Crippen LogP contribution in [0.5, 0.6) is 5.75 Å². The molecule has 0 spiro atoms. The maximum atomic E-state index is 15.1. The van der Waals surface area contributed by atoms with E-state index in [1.165, 1.54) is 12.1 Å². The van der Waals surface area contributed by atoms with Crippen LogP contribution in [-0.4, -0.2) is 27.5 Å². The highest BCUT2D eigenvalue weighted by molar-refractivity contribution is 6.30. The third-order valence-corrected chi connectivity index (χ3v) is 8.46. The van der Waals surface area contributed by atoms with Crippen molar-refractivity contribution in [3.8, 4) is 11.8 Å². The molecular weight excluding hydrogens is 506 g/mol. The molecule has 1 saturated heterocycles. The lowest BCUT2D eigenvalue weighted by Gasteiger charge is -2.34. The molecule has 1 unspecified atom stereocenters. The molecule has 6 rings (SSSR count).